The van der Waals surface area contributed by atoms with Crippen LogP contribution in [0.2, 0.25) is 0 Å². The van der Waals surface area contributed by atoms with Gasteiger partial charge in [-0.2, -0.15) is 0 Å². The molecule has 0 aliphatic rings. The molecule has 25 heavy (non-hydrogen) atoms. The quantitative estimate of drug-likeness (QED) is 0.541. The Morgan fingerprint density at radius 2 is 1.68 bits per heavy atom. The highest BCUT2D eigenvalue weighted by Gasteiger charge is 2.04. The standard InChI is InChI=1S/C21H19BrFNO/c1-15-4-2-3-5-20(15)24-13-17-8-11-21(19(22)12-17)25-14-16-6-9-18(23)10-7-16/h2-12,24H,13-14H2,1H3. The van der Waals surface area contributed by atoms with Gasteiger partial charge in [0.2, 0.25) is 0 Å². The van der Waals surface area contributed by atoms with E-state index in [1.54, 1.807) is 12.1 Å². The van der Waals surface area contributed by atoms with Gasteiger partial charge in [0.1, 0.15) is 18.2 Å². The number of hydrogen-bond donors (Lipinski definition) is 1. The predicted octanol–water partition coefficient (Wildman–Crippen LogP) is 6.09. The van der Waals surface area contributed by atoms with E-state index in [1.165, 1.54) is 17.7 Å². The van der Waals surface area contributed by atoms with Crippen LogP contribution in [-0.2, 0) is 13.2 Å². The fourth-order valence-corrected chi connectivity index (χ4v) is 3.02. The third-order valence-corrected chi connectivity index (χ3v) is 4.55. The number of benzene rings is 3. The minimum atomic E-state index is -0.240. The molecule has 3 aromatic rings. The number of halogens is 2. The van der Waals surface area contributed by atoms with Gasteiger partial charge in [-0.25, -0.2) is 4.39 Å². The summed E-state index contributed by atoms with van der Waals surface area (Å²) in [5, 5.41) is 3.44. The van der Waals surface area contributed by atoms with Gasteiger partial charge in [0, 0.05) is 12.2 Å². The molecule has 0 heterocycles. The Bertz CT molecular complexity index is 849. The maximum atomic E-state index is 12.9. The molecule has 3 aromatic carbocycles. The van der Waals surface area contributed by atoms with E-state index in [2.05, 4.69) is 40.3 Å². The zero-order valence-corrected chi connectivity index (χ0v) is 15.5. The number of aryl methyl sites for hydroxylation is 1. The Hall–Kier alpha value is -2.33. The molecule has 3 rings (SSSR count). The molecule has 0 spiro atoms. The molecule has 1 N–H and O–H groups in total. The molecule has 0 aliphatic heterocycles. The second kappa shape index (κ2) is 8.17. The van der Waals surface area contributed by atoms with Gasteiger partial charge in [0.05, 0.1) is 4.47 Å². The van der Waals surface area contributed by atoms with Crippen molar-refractivity contribution in [2.75, 3.05) is 5.32 Å². The van der Waals surface area contributed by atoms with Crippen LogP contribution in [0.3, 0.4) is 0 Å². The van der Waals surface area contributed by atoms with Crippen molar-refractivity contribution < 1.29 is 9.13 Å². The maximum Gasteiger partial charge on any atom is 0.134 e. The van der Waals surface area contributed by atoms with Gasteiger partial charge in [0.15, 0.2) is 0 Å². The van der Waals surface area contributed by atoms with Crippen LogP contribution in [0, 0.1) is 12.7 Å². The highest BCUT2D eigenvalue weighted by atomic mass is 79.9. The lowest BCUT2D eigenvalue weighted by atomic mass is 10.1. The summed E-state index contributed by atoms with van der Waals surface area (Å²) in [6.45, 7) is 3.23. The first-order valence-corrected chi connectivity index (χ1v) is 8.86. The minimum absolute atomic E-state index is 0.240. The Kier molecular flexibility index (Phi) is 5.71. The van der Waals surface area contributed by atoms with E-state index in [0.29, 0.717) is 6.61 Å². The van der Waals surface area contributed by atoms with E-state index in [0.717, 1.165) is 33.6 Å². The summed E-state index contributed by atoms with van der Waals surface area (Å²) in [6, 6.07) is 20.6. The van der Waals surface area contributed by atoms with Gasteiger partial charge in [-0.3, -0.25) is 0 Å². The predicted molar refractivity (Wildman–Crippen MR) is 103 cm³/mol. The molecule has 0 aliphatic carbocycles. The highest BCUT2D eigenvalue weighted by molar-refractivity contribution is 9.10. The highest BCUT2D eigenvalue weighted by Crippen LogP contribution is 2.27. The number of nitrogens with one attached hydrogen (secondary N) is 1. The molecule has 0 aromatic heterocycles. The van der Waals surface area contributed by atoms with E-state index in [4.69, 9.17) is 4.74 Å². The molecule has 4 heteroatoms. The van der Waals surface area contributed by atoms with Gasteiger partial charge in [0.25, 0.3) is 0 Å². The monoisotopic (exact) mass is 399 g/mol. The Morgan fingerprint density at radius 3 is 2.40 bits per heavy atom. The molecule has 0 radical (unpaired) electrons. The zero-order valence-electron chi connectivity index (χ0n) is 13.9. The largest absolute Gasteiger partial charge is 0.488 e. The number of ether oxygens (including phenoxy) is 1. The van der Waals surface area contributed by atoms with E-state index in [-0.39, 0.29) is 5.82 Å². The molecule has 0 fully saturated rings. The smallest absolute Gasteiger partial charge is 0.134 e. The normalized spacial score (nSPS) is 10.5. The van der Waals surface area contributed by atoms with Gasteiger partial charge in [-0.15, -0.1) is 0 Å². The van der Waals surface area contributed by atoms with Crippen molar-refractivity contribution in [1.82, 2.24) is 0 Å². The summed E-state index contributed by atoms with van der Waals surface area (Å²) >= 11 is 3.56. The van der Waals surface area contributed by atoms with Crippen LogP contribution in [0.5, 0.6) is 5.75 Å². The average molecular weight is 400 g/mol. The average Bonchev–Trinajstić information content (AvgIpc) is 2.62. The van der Waals surface area contributed by atoms with Crippen LogP contribution in [0.15, 0.2) is 71.2 Å². The molecular weight excluding hydrogens is 381 g/mol. The Morgan fingerprint density at radius 1 is 0.960 bits per heavy atom. The second-order valence-corrected chi connectivity index (χ2v) is 6.70. The minimum Gasteiger partial charge on any atom is -0.488 e. The number of para-hydroxylation sites is 1. The fraction of sp³-hybridized carbons (Fsp3) is 0.143. The number of hydrogen-bond acceptors (Lipinski definition) is 2. The van der Waals surface area contributed by atoms with Crippen LogP contribution >= 0.6 is 15.9 Å². The summed E-state index contributed by atoms with van der Waals surface area (Å²) in [7, 11) is 0. The molecule has 0 amide bonds. The van der Waals surface area contributed by atoms with E-state index < -0.39 is 0 Å². The first-order chi connectivity index (χ1) is 12.1. The van der Waals surface area contributed by atoms with Crippen LogP contribution in [0.25, 0.3) is 0 Å². The van der Waals surface area contributed by atoms with Crippen molar-refractivity contribution in [2.24, 2.45) is 0 Å². The molecule has 0 saturated heterocycles. The van der Waals surface area contributed by atoms with Gasteiger partial charge < -0.3 is 10.1 Å². The fourth-order valence-electron chi connectivity index (χ4n) is 2.48. The summed E-state index contributed by atoms with van der Waals surface area (Å²) in [5.41, 5.74) is 4.44. The van der Waals surface area contributed by atoms with Crippen molar-refractivity contribution in [1.29, 1.82) is 0 Å². The topological polar surface area (TPSA) is 21.3 Å². The van der Waals surface area contributed by atoms with Crippen LogP contribution < -0.4 is 10.1 Å². The maximum absolute atomic E-state index is 12.9. The summed E-state index contributed by atoms with van der Waals surface area (Å²) in [6.07, 6.45) is 0. The summed E-state index contributed by atoms with van der Waals surface area (Å²) in [4.78, 5) is 0. The van der Waals surface area contributed by atoms with E-state index in [1.807, 2.05) is 30.3 Å². The van der Waals surface area contributed by atoms with Crippen molar-refractivity contribution in [2.45, 2.75) is 20.1 Å². The third-order valence-electron chi connectivity index (χ3n) is 3.93. The van der Waals surface area contributed by atoms with Gasteiger partial charge >= 0.3 is 0 Å². The molecule has 2 nitrogen and oxygen atoms in total. The first-order valence-electron chi connectivity index (χ1n) is 8.07. The van der Waals surface area contributed by atoms with E-state index >= 15 is 0 Å². The van der Waals surface area contributed by atoms with Crippen molar-refractivity contribution in [3.05, 3.63) is 93.7 Å². The number of anilines is 1. The van der Waals surface area contributed by atoms with E-state index in [9.17, 15) is 4.39 Å². The van der Waals surface area contributed by atoms with Gasteiger partial charge in [-0.05, 0) is 69.9 Å². The summed E-state index contributed by atoms with van der Waals surface area (Å²) < 4.78 is 19.6. The molecule has 0 atom stereocenters. The van der Waals surface area contributed by atoms with Crippen molar-refractivity contribution in [3.8, 4) is 5.75 Å². The number of rotatable bonds is 6. The Labute approximate surface area is 155 Å². The summed E-state index contributed by atoms with van der Waals surface area (Å²) in [5.74, 6) is 0.527. The SMILES string of the molecule is Cc1ccccc1NCc1ccc(OCc2ccc(F)cc2)c(Br)c1. The lowest BCUT2D eigenvalue weighted by Crippen LogP contribution is -2.01. The van der Waals surface area contributed by atoms with Crippen LogP contribution in [0.4, 0.5) is 10.1 Å². The molecule has 0 unspecified atom stereocenters. The molecule has 0 bridgehead atoms. The van der Waals surface area contributed by atoms with Crippen molar-refractivity contribution in [3.63, 3.8) is 0 Å². The van der Waals surface area contributed by atoms with Crippen molar-refractivity contribution >= 4 is 21.6 Å². The second-order valence-electron chi connectivity index (χ2n) is 5.85. The lowest BCUT2D eigenvalue weighted by molar-refractivity contribution is 0.304. The Balaban J connectivity index is 1.60. The van der Waals surface area contributed by atoms with Crippen LogP contribution in [-0.4, -0.2) is 0 Å². The molecule has 128 valence electrons. The van der Waals surface area contributed by atoms with Crippen LogP contribution in [0.1, 0.15) is 16.7 Å². The van der Waals surface area contributed by atoms with Gasteiger partial charge in [-0.1, -0.05) is 36.4 Å². The first kappa shape index (κ1) is 17.5. The lowest BCUT2D eigenvalue weighted by Gasteiger charge is -2.12. The molecule has 0 saturated carbocycles. The third kappa shape index (κ3) is 4.83. The molecular formula is C21H19BrFNO. The zero-order chi connectivity index (χ0) is 17.6.